The van der Waals surface area contributed by atoms with Crippen molar-refractivity contribution in [2.75, 3.05) is 41.3 Å². The predicted molar refractivity (Wildman–Crippen MR) is 78.5 cm³/mol. The van der Waals surface area contributed by atoms with Gasteiger partial charge in [-0.25, -0.2) is 0 Å². The Labute approximate surface area is 102 Å². The first kappa shape index (κ1) is 25.0. The fourth-order valence-electron chi connectivity index (χ4n) is 0.400. The van der Waals surface area contributed by atoms with Crippen LogP contribution in [0.5, 0.6) is 0 Å². The minimum atomic E-state index is 0. The van der Waals surface area contributed by atoms with Crippen molar-refractivity contribution in [2.24, 2.45) is 0 Å². The Morgan fingerprint density at radius 3 is 1.07 bits per heavy atom. The highest BCUT2D eigenvalue weighted by Gasteiger charge is 1.89. The number of nitrogens with zero attached hydrogens (tertiary/aromatic N) is 2. The van der Waals surface area contributed by atoms with Crippen LogP contribution in [0, 0.1) is 0 Å². The fraction of sp³-hybridized carbons (Fsp3) is 1.00. The second-order valence-corrected chi connectivity index (χ2v) is 4.50. The van der Waals surface area contributed by atoms with Gasteiger partial charge in [-0.1, -0.05) is 7.43 Å². The van der Waals surface area contributed by atoms with Crippen molar-refractivity contribution in [3.8, 4) is 0 Å². The lowest BCUT2D eigenvalue weighted by atomic mass is 10.5. The van der Waals surface area contributed by atoms with Crippen molar-refractivity contribution in [3.63, 3.8) is 0 Å². The number of rotatable bonds is 3. The summed E-state index contributed by atoms with van der Waals surface area (Å²) >= 11 is 0. The summed E-state index contributed by atoms with van der Waals surface area (Å²) in [5.41, 5.74) is 0. The van der Waals surface area contributed by atoms with Crippen molar-refractivity contribution < 1.29 is 9.13 Å². The lowest BCUT2D eigenvalue weighted by Crippen LogP contribution is -2.25. The quantitative estimate of drug-likeness (QED) is 0.750. The van der Waals surface area contributed by atoms with E-state index < -0.39 is 0 Å². The van der Waals surface area contributed by atoms with E-state index in [1.807, 2.05) is 17.9 Å². The molecule has 2 unspecified atom stereocenters. The zero-order valence-corrected chi connectivity index (χ0v) is 13.3. The molecule has 8 heteroatoms. The van der Waals surface area contributed by atoms with Crippen LogP contribution in [0.1, 0.15) is 7.43 Å². The maximum atomic E-state index is 8.87. The molecule has 0 rings (SSSR count). The molecule has 0 amide bonds. The number of hydrogen-bond donors (Lipinski definition) is 0. The summed E-state index contributed by atoms with van der Waals surface area (Å²) in [6.45, 7) is 2.29. The van der Waals surface area contributed by atoms with Gasteiger partial charge in [0.15, 0.2) is 16.3 Å². The summed E-state index contributed by atoms with van der Waals surface area (Å²) in [6, 6.07) is 0. The molecule has 0 aliphatic rings. The molecule has 0 N–H and O–H groups in total. The van der Waals surface area contributed by atoms with Gasteiger partial charge < -0.3 is 9.80 Å². The van der Waals surface area contributed by atoms with Crippen molar-refractivity contribution in [3.05, 3.63) is 0 Å². The van der Waals surface area contributed by atoms with E-state index in [-0.39, 0.29) is 23.7 Å². The van der Waals surface area contributed by atoms with Crippen LogP contribution < -0.4 is 0 Å². The Hall–Kier alpha value is 0.980. The maximum absolute atomic E-state index is 8.87. The van der Waals surface area contributed by atoms with E-state index in [0.717, 1.165) is 13.1 Å². The summed E-state index contributed by atoms with van der Waals surface area (Å²) in [7, 11) is 12.5. The lowest BCUT2D eigenvalue weighted by Gasteiger charge is -2.13. The molecular formula is C7H24N2O2P4. The largest absolute Gasteiger partial charge is 0.308 e. The Kier molecular flexibility index (Phi) is 40.4. The summed E-state index contributed by atoms with van der Waals surface area (Å²) in [6.07, 6.45) is 0. The smallest absolute Gasteiger partial charge is 0.174 e. The highest BCUT2D eigenvalue weighted by Crippen LogP contribution is 1.99. The van der Waals surface area contributed by atoms with Gasteiger partial charge in [0, 0.05) is 13.1 Å². The molecule has 0 aromatic carbocycles. The molecule has 0 radical (unpaired) electrons. The molecule has 0 aliphatic heterocycles. The molecule has 0 bridgehead atoms. The molecule has 94 valence electrons. The molecule has 2 atom stereocenters. The van der Waals surface area contributed by atoms with E-state index in [1.54, 1.807) is 0 Å². The average Bonchev–Trinajstić information content (AvgIpc) is 2.04. The monoisotopic (exact) mass is 292 g/mol. The van der Waals surface area contributed by atoms with Crippen molar-refractivity contribution in [1.82, 2.24) is 9.80 Å². The normalized spacial score (nSPS) is 8.80. The van der Waals surface area contributed by atoms with Crippen molar-refractivity contribution >= 4 is 34.2 Å². The van der Waals surface area contributed by atoms with Gasteiger partial charge in [-0.15, -0.1) is 0 Å². The van der Waals surface area contributed by atoms with Gasteiger partial charge in [-0.05, 0) is 46.0 Å². The topological polar surface area (TPSA) is 40.6 Å². The predicted octanol–water partition coefficient (Wildman–Crippen LogP) is 2.88. The van der Waals surface area contributed by atoms with Gasteiger partial charge in [0.05, 0.1) is 0 Å². The van der Waals surface area contributed by atoms with E-state index in [9.17, 15) is 0 Å². The fourth-order valence-corrected chi connectivity index (χ4v) is 0.400. The number of likely N-dealkylation sites (N-methyl/N-ethyl adjacent to an activating group) is 2. The van der Waals surface area contributed by atoms with Crippen LogP contribution in [-0.4, -0.2) is 51.1 Å². The zero-order valence-electron chi connectivity index (χ0n) is 9.17. The highest BCUT2D eigenvalue weighted by atomic mass is 32.0. The molecular weight excluding hydrogens is 268 g/mol. The van der Waals surface area contributed by atoms with Crippen LogP contribution in [0.15, 0.2) is 0 Å². The summed E-state index contributed by atoms with van der Waals surface area (Å²) in [4.78, 5) is 4.36. The third-order valence-corrected chi connectivity index (χ3v) is 0.994. The van der Waals surface area contributed by atoms with Gasteiger partial charge in [0.25, 0.3) is 0 Å². The molecule has 0 spiro atoms. The van der Waals surface area contributed by atoms with Crippen molar-refractivity contribution in [1.29, 1.82) is 0 Å². The third kappa shape index (κ3) is 70.6. The second kappa shape index (κ2) is 24.3. The van der Waals surface area contributed by atoms with E-state index in [0.29, 0.717) is 0 Å². The molecule has 0 aliphatic carbocycles. The van der Waals surface area contributed by atoms with E-state index >= 15 is 0 Å². The first-order valence-electron chi connectivity index (χ1n) is 3.80. The molecule has 15 heavy (non-hydrogen) atoms. The SMILES string of the molecule is C.CN(C)CCN(C)C.O=PP.O=PP. The Bertz CT molecular complexity index is 112. The highest BCUT2D eigenvalue weighted by molar-refractivity contribution is 7.96. The molecule has 0 saturated heterocycles. The summed E-state index contributed by atoms with van der Waals surface area (Å²) < 4.78 is 17.7. The molecule has 0 heterocycles. The average molecular weight is 292 g/mol. The van der Waals surface area contributed by atoms with Crippen LogP contribution in [0.2, 0.25) is 0 Å². The Morgan fingerprint density at radius 2 is 1.00 bits per heavy atom. The molecule has 4 nitrogen and oxygen atoms in total. The molecule has 0 saturated carbocycles. The van der Waals surface area contributed by atoms with Crippen LogP contribution >= 0.6 is 34.2 Å². The van der Waals surface area contributed by atoms with E-state index in [4.69, 9.17) is 9.13 Å². The minimum Gasteiger partial charge on any atom is -0.308 e. The van der Waals surface area contributed by atoms with Crippen LogP contribution in [0.25, 0.3) is 0 Å². The first-order chi connectivity index (χ1) is 6.45. The minimum absolute atomic E-state index is 0. The standard InChI is InChI=1S/C6H16N2.CH4.2H2OP2/c1-7(2)5-6-8(3)4;;2*1-3-2/h5-6H2,1-4H3;1H4;2*2H2. The van der Waals surface area contributed by atoms with E-state index in [2.05, 4.69) is 38.0 Å². The van der Waals surface area contributed by atoms with Gasteiger partial charge in [0.1, 0.15) is 0 Å². The lowest BCUT2D eigenvalue weighted by molar-refractivity contribution is 0.320. The zero-order chi connectivity index (χ0) is 12.0. The first-order valence-corrected chi connectivity index (χ1v) is 8.66. The van der Waals surface area contributed by atoms with Gasteiger partial charge in [-0.2, -0.15) is 0 Å². The molecule has 0 aromatic heterocycles. The maximum Gasteiger partial charge on any atom is 0.174 e. The number of hydrogen-bond acceptors (Lipinski definition) is 4. The molecule has 0 aromatic rings. The Morgan fingerprint density at radius 1 is 0.867 bits per heavy atom. The van der Waals surface area contributed by atoms with Crippen molar-refractivity contribution in [2.45, 2.75) is 7.43 Å². The van der Waals surface area contributed by atoms with E-state index in [1.165, 1.54) is 0 Å². The van der Waals surface area contributed by atoms with Crippen LogP contribution in [-0.2, 0) is 9.13 Å². The van der Waals surface area contributed by atoms with Crippen LogP contribution in [0.3, 0.4) is 0 Å². The second-order valence-electron chi connectivity index (χ2n) is 2.82. The Balaban J connectivity index is -0.0000000733. The summed E-state index contributed by atoms with van der Waals surface area (Å²) in [5, 5.41) is 0. The van der Waals surface area contributed by atoms with Crippen LogP contribution in [0.4, 0.5) is 0 Å². The van der Waals surface area contributed by atoms with Gasteiger partial charge >= 0.3 is 0 Å². The third-order valence-electron chi connectivity index (χ3n) is 0.994. The molecule has 0 fully saturated rings. The summed E-state index contributed by atoms with van der Waals surface area (Å²) in [5.74, 6) is 0. The van der Waals surface area contributed by atoms with Gasteiger partial charge in [-0.3, -0.25) is 9.13 Å². The van der Waals surface area contributed by atoms with Gasteiger partial charge in [0.2, 0.25) is 0 Å².